The van der Waals surface area contributed by atoms with Crippen LogP contribution in [-0.2, 0) is 42.7 Å². The molecular weight excluding hydrogens is 652 g/mol. The van der Waals surface area contributed by atoms with Gasteiger partial charge in [-0.3, -0.25) is 4.79 Å². The predicted molar refractivity (Wildman–Crippen MR) is 164 cm³/mol. The molecule has 0 saturated carbocycles. The molecule has 1 aromatic carbocycles. The molecular formula is C33H42O16. The normalized spacial score (nSPS) is 38.8. The van der Waals surface area contributed by atoms with Crippen LogP contribution in [0.25, 0.3) is 6.08 Å². The number of hydrogen-bond donors (Lipinski definition) is 6. The van der Waals surface area contributed by atoms with Gasteiger partial charge in [0.25, 0.3) is 0 Å². The summed E-state index contributed by atoms with van der Waals surface area (Å²) in [5.41, 5.74) is 1.08. The minimum Gasteiger partial charge on any atom is -0.497 e. The number of methoxy groups -OCH3 is 1. The number of fused-ring (bicyclic) bond motifs is 1. The molecule has 0 radical (unpaired) electrons. The van der Waals surface area contributed by atoms with Crippen molar-refractivity contribution in [3.8, 4) is 5.75 Å². The molecule has 14 atom stereocenters. The molecule has 2 fully saturated rings. The van der Waals surface area contributed by atoms with Crippen LogP contribution in [0.4, 0.5) is 0 Å². The van der Waals surface area contributed by atoms with Crippen molar-refractivity contribution in [1.29, 1.82) is 0 Å². The molecule has 49 heavy (non-hydrogen) atoms. The first-order chi connectivity index (χ1) is 23.4. The van der Waals surface area contributed by atoms with Gasteiger partial charge in [0.15, 0.2) is 24.8 Å². The Hall–Kier alpha value is -3.42. The van der Waals surface area contributed by atoms with Gasteiger partial charge in [-0.2, -0.15) is 0 Å². The smallest absolute Gasteiger partial charge is 0.331 e. The van der Waals surface area contributed by atoms with E-state index in [0.717, 1.165) is 13.0 Å². The summed E-state index contributed by atoms with van der Waals surface area (Å²) in [6.07, 6.45) is -9.03. The number of benzene rings is 1. The number of ether oxygens (including phenoxy) is 8. The minimum atomic E-state index is -1.70. The molecule has 5 rings (SSSR count). The Morgan fingerprint density at radius 2 is 1.61 bits per heavy atom. The lowest BCUT2D eigenvalue weighted by atomic mass is 9.88. The third-order valence-corrected chi connectivity index (χ3v) is 8.84. The Morgan fingerprint density at radius 1 is 0.878 bits per heavy atom. The Balaban J connectivity index is 1.35. The van der Waals surface area contributed by atoms with Gasteiger partial charge in [-0.15, -0.1) is 0 Å². The van der Waals surface area contributed by atoms with Crippen LogP contribution in [-0.4, -0.2) is 137 Å². The molecule has 2 saturated heterocycles. The maximum Gasteiger partial charge on any atom is 0.331 e. The topological polar surface area (TPSA) is 229 Å². The summed E-state index contributed by atoms with van der Waals surface area (Å²) in [6.45, 7) is 1.56. The summed E-state index contributed by atoms with van der Waals surface area (Å²) in [7, 11) is 1.53. The Kier molecular flexibility index (Phi) is 12.1. The van der Waals surface area contributed by atoms with Gasteiger partial charge in [-0.25, -0.2) is 4.79 Å². The second kappa shape index (κ2) is 16.1. The Morgan fingerprint density at radius 3 is 2.27 bits per heavy atom. The number of aliphatic hydroxyl groups excluding tert-OH is 6. The summed E-state index contributed by atoms with van der Waals surface area (Å²) in [6, 6.07) is 6.88. The van der Waals surface area contributed by atoms with Crippen molar-refractivity contribution in [2.24, 2.45) is 11.8 Å². The number of carbonyl (C=O) groups is 2. The summed E-state index contributed by atoms with van der Waals surface area (Å²) in [4.78, 5) is 25.1. The molecule has 0 bridgehead atoms. The van der Waals surface area contributed by atoms with E-state index in [4.69, 9.17) is 37.9 Å². The van der Waals surface area contributed by atoms with Gasteiger partial charge in [0.2, 0.25) is 6.29 Å². The summed E-state index contributed by atoms with van der Waals surface area (Å²) in [5, 5.41) is 61.6. The fraction of sp³-hybridized carbons (Fsp3) is 0.576. The fourth-order valence-electron chi connectivity index (χ4n) is 6.24. The van der Waals surface area contributed by atoms with E-state index >= 15 is 0 Å². The monoisotopic (exact) mass is 694 g/mol. The van der Waals surface area contributed by atoms with Gasteiger partial charge < -0.3 is 68.5 Å². The second-order valence-corrected chi connectivity index (χ2v) is 12.1. The third kappa shape index (κ3) is 8.15. The molecule has 0 amide bonds. The minimum absolute atomic E-state index is 0.408. The van der Waals surface area contributed by atoms with Crippen molar-refractivity contribution in [2.75, 3.05) is 20.3 Å². The molecule has 1 aliphatic carbocycles. The molecule has 3 heterocycles. The van der Waals surface area contributed by atoms with Crippen molar-refractivity contribution in [3.05, 3.63) is 59.9 Å². The van der Waals surface area contributed by atoms with Crippen molar-refractivity contribution in [2.45, 2.75) is 87.7 Å². The molecule has 270 valence electrons. The largest absolute Gasteiger partial charge is 0.497 e. The van der Waals surface area contributed by atoms with E-state index in [1.807, 2.05) is 0 Å². The van der Waals surface area contributed by atoms with E-state index in [0.29, 0.717) is 16.9 Å². The van der Waals surface area contributed by atoms with Crippen molar-refractivity contribution < 1.29 is 78.1 Å². The molecule has 16 heteroatoms. The van der Waals surface area contributed by atoms with Crippen LogP contribution in [0, 0.1) is 11.8 Å². The third-order valence-electron chi connectivity index (χ3n) is 8.84. The molecule has 16 nitrogen and oxygen atoms in total. The van der Waals surface area contributed by atoms with Crippen molar-refractivity contribution >= 4 is 18.0 Å². The zero-order valence-corrected chi connectivity index (χ0v) is 27.0. The average molecular weight is 695 g/mol. The lowest BCUT2D eigenvalue weighted by molar-refractivity contribution is -0.341. The first-order valence-corrected chi connectivity index (χ1v) is 15.7. The molecule has 3 aliphatic heterocycles. The maximum absolute atomic E-state index is 13.0. The van der Waals surface area contributed by atoms with Gasteiger partial charge in [0, 0.05) is 18.9 Å². The zero-order chi connectivity index (χ0) is 35.4. The molecule has 1 unspecified atom stereocenters. The van der Waals surface area contributed by atoms with Crippen LogP contribution in [0.3, 0.4) is 0 Å². The summed E-state index contributed by atoms with van der Waals surface area (Å²) >= 11 is 0. The van der Waals surface area contributed by atoms with Crippen LogP contribution in [0.2, 0.25) is 0 Å². The molecule has 4 aliphatic rings. The first-order valence-electron chi connectivity index (χ1n) is 15.7. The average Bonchev–Trinajstić information content (AvgIpc) is 3.46. The lowest BCUT2D eigenvalue weighted by Gasteiger charge is -2.44. The molecule has 0 spiro atoms. The van der Waals surface area contributed by atoms with Gasteiger partial charge in [0.1, 0.15) is 36.3 Å². The second-order valence-electron chi connectivity index (χ2n) is 12.1. The predicted octanol–water partition coefficient (Wildman–Crippen LogP) is -1.11. The molecule has 0 aromatic heterocycles. The van der Waals surface area contributed by atoms with Crippen LogP contribution < -0.4 is 4.74 Å². The van der Waals surface area contributed by atoms with Gasteiger partial charge in [-0.05, 0) is 42.3 Å². The maximum atomic E-state index is 13.0. The Bertz CT molecular complexity index is 1380. The van der Waals surface area contributed by atoms with Gasteiger partial charge in [0.05, 0.1) is 44.7 Å². The van der Waals surface area contributed by atoms with Crippen molar-refractivity contribution in [1.82, 2.24) is 0 Å². The van der Waals surface area contributed by atoms with E-state index in [1.165, 1.54) is 26.4 Å². The highest BCUT2D eigenvalue weighted by Crippen LogP contribution is 2.43. The highest BCUT2D eigenvalue weighted by molar-refractivity contribution is 5.87. The SMILES string of the molecule is COc1ccc(/C=C/C(=O)O[C@H]2C(O[C@@H]3C=C(CO)[C@H]4[C@H](O[C@@H]5O[C@H](CO)[C@@H](O)[C@H](O)[C@H]5O)OC=C[C@H]43)O[C@H](C)[C@H](O)[C@H]2OC(C)=O)cc1. The number of rotatable bonds is 11. The van der Waals surface area contributed by atoms with E-state index in [-0.39, 0.29) is 0 Å². The van der Waals surface area contributed by atoms with E-state index in [2.05, 4.69) is 0 Å². The quantitative estimate of drug-likeness (QED) is 0.0917. The summed E-state index contributed by atoms with van der Waals surface area (Å²) < 4.78 is 45.5. The first kappa shape index (κ1) is 36.9. The van der Waals surface area contributed by atoms with Gasteiger partial charge in [-0.1, -0.05) is 18.2 Å². The fourth-order valence-corrected chi connectivity index (χ4v) is 6.24. The van der Waals surface area contributed by atoms with Crippen LogP contribution >= 0.6 is 0 Å². The summed E-state index contributed by atoms with van der Waals surface area (Å²) in [5.74, 6) is -2.26. The van der Waals surface area contributed by atoms with Crippen molar-refractivity contribution in [3.63, 3.8) is 0 Å². The molecule has 1 aromatic rings. The highest BCUT2D eigenvalue weighted by atomic mass is 16.8. The zero-order valence-electron chi connectivity index (χ0n) is 27.0. The van der Waals surface area contributed by atoms with Crippen LogP contribution in [0.15, 0.2) is 54.3 Å². The van der Waals surface area contributed by atoms with E-state index < -0.39 is 111 Å². The number of esters is 2. The highest BCUT2D eigenvalue weighted by Gasteiger charge is 2.53. The van der Waals surface area contributed by atoms with E-state index in [1.54, 1.807) is 36.4 Å². The number of aliphatic hydroxyl groups is 6. The van der Waals surface area contributed by atoms with E-state index in [9.17, 15) is 40.2 Å². The van der Waals surface area contributed by atoms with Crippen LogP contribution in [0.1, 0.15) is 19.4 Å². The lowest BCUT2D eigenvalue weighted by Crippen LogP contribution is -2.61. The number of carbonyl (C=O) groups excluding carboxylic acids is 2. The molecule has 6 N–H and O–H groups in total. The standard InChI is InChI=1S/C33H42O16/c1-15-25(38)29(45-16(2)36)30(48-23(37)9-6-17-4-7-19(42-3)8-5-17)33(44-15)46-21-12-18(13-34)24-20(21)10-11-43-31(24)49-32-28(41)27(40)26(39)22(14-35)47-32/h4-12,15,20-22,24-35,38-41H,13-14H2,1-3H3/b9-6+/t15-,20+,21-,22-,24-,25+,26-,27+,28-,29-,30-,31+,32+,33?/m1/s1. The van der Waals surface area contributed by atoms with Crippen LogP contribution in [0.5, 0.6) is 5.75 Å². The van der Waals surface area contributed by atoms with Gasteiger partial charge >= 0.3 is 11.9 Å². The Labute approximate surface area is 281 Å². The number of hydrogen-bond acceptors (Lipinski definition) is 16.